The smallest absolute Gasteiger partial charge is 0.320 e. The van der Waals surface area contributed by atoms with Gasteiger partial charge in [0, 0.05) is 12.6 Å². The molecule has 0 aromatic heterocycles. The molecule has 1 aromatic rings. The van der Waals surface area contributed by atoms with E-state index in [0.29, 0.717) is 18.9 Å². The lowest BCUT2D eigenvalue weighted by Crippen LogP contribution is -2.22. The van der Waals surface area contributed by atoms with Crippen LogP contribution < -0.4 is 15.2 Å². The fourth-order valence-electron chi connectivity index (χ4n) is 1.20. The Bertz CT molecular complexity index is 515. The Hall–Kier alpha value is -1.80. The van der Waals surface area contributed by atoms with E-state index in [4.69, 9.17) is 15.6 Å². The zero-order valence-corrected chi connectivity index (χ0v) is 10.3. The summed E-state index contributed by atoms with van der Waals surface area (Å²) in [6.45, 7) is 0.653. The largest absolute Gasteiger partial charge is 0.492 e. The molecule has 0 saturated heterocycles. The van der Waals surface area contributed by atoms with Gasteiger partial charge in [-0.2, -0.15) is 0 Å². The quantitative estimate of drug-likeness (QED) is 0.636. The molecule has 0 atom stereocenters. The third-order valence-electron chi connectivity index (χ3n) is 1.81. The van der Waals surface area contributed by atoms with Crippen molar-refractivity contribution in [3.8, 4) is 5.75 Å². The number of aliphatic carboxylic acids is 1. The first-order valence-electron chi connectivity index (χ1n) is 5.08. The molecule has 0 spiro atoms. The van der Waals surface area contributed by atoms with Gasteiger partial charge in [-0.05, 0) is 12.1 Å². The highest BCUT2D eigenvalue weighted by Crippen LogP contribution is 2.18. The van der Waals surface area contributed by atoms with E-state index in [2.05, 4.69) is 4.72 Å². The van der Waals surface area contributed by atoms with E-state index in [9.17, 15) is 13.2 Å². The van der Waals surface area contributed by atoms with Gasteiger partial charge in [-0.3, -0.25) is 9.52 Å². The van der Waals surface area contributed by atoms with Crippen molar-refractivity contribution in [1.29, 1.82) is 0 Å². The summed E-state index contributed by atoms with van der Waals surface area (Å²) in [4.78, 5) is 10.4. The molecule has 0 aliphatic carbocycles. The summed E-state index contributed by atoms with van der Waals surface area (Å²) in [5, 5.41) is 8.44. The molecule has 0 heterocycles. The molecule has 1 rings (SSSR count). The molecule has 0 aliphatic rings. The second-order valence-electron chi connectivity index (χ2n) is 3.42. The van der Waals surface area contributed by atoms with Crippen LogP contribution in [0.2, 0.25) is 0 Å². The number of anilines is 1. The van der Waals surface area contributed by atoms with E-state index in [0.717, 1.165) is 0 Å². The predicted molar refractivity (Wildman–Crippen MR) is 66.0 cm³/mol. The number of ether oxygens (including phenoxy) is 1. The maximum absolute atomic E-state index is 11.4. The Morgan fingerprint density at radius 3 is 2.78 bits per heavy atom. The number of carbonyl (C=O) groups is 1. The third-order valence-corrected chi connectivity index (χ3v) is 2.98. The van der Waals surface area contributed by atoms with Gasteiger partial charge in [0.15, 0.2) is 5.75 Å². The van der Waals surface area contributed by atoms with Crippen LogP contribution in [0.1, 0.15) is 0 Å². The van der Waals surface area contributed by atoms with Gasteiger partial charge < -0.3 is 15.6 Å². The van der Waals surface area contributed by atoms with E-state index < -0.39 is 21.7 Å². The number of benzene rings is 1. The molecule has 18 heavy (non-hydrogen) atoms. The number of sulfonamides is 1. The van der Waals surface area contributed by atoms with Crippen molar-refractivity contribution in [3.05, 3.63) is 24.3 Å². The molecule has 8 heteroatoms. The summed E-state index contributed by atoms with van der Waals surface area (Å²) in [5.41, 5.74) is 5.51. The number of carboxylic acids is 1. The van der Waals surface area contributed by atoms with Gasteiger partial charge in [0.2, 0.25) is 10.0 Å². The Morgan fingerprint density at radius 2 is 2.17 bits per heavy atom. The lowest BCUT2D eigenvalue weighted by molar-refractivity contribution is -0.134. The summed E-state index contributed by atoms with van der Waals surface area (Å²) >= 11 is 0. The fraction of sp³-hybridized carbons (Fsp3) is 0.300. The predicted octanol–water partition coefficient (Wildman–Crippen LogP) is -0.150. The molecule has 1 aromatic carbocycles. The van der Waals surface area contributed by atoms with Gasteiger partial charge in [0.1, 0.15) is 12.4 Å². The molecule has 0 fully saturated rings. The number of hydrogen-bond acceptors (Lipinski definition) is 5. The summed E-state index contributed by atoms with van der Waals surface area (Å²) in [5.74, 6) is -1.95. The van der Waals surface area contributed by atoms with Crippen molar-refractivity contribution in [1.82, 2.24) is 0 Å². The minimum Gasteiger partial charge on any atom is -0.492 e. The van der Waals surface area contributed by atoms with Crippen LogP contribution in [-0.2, 0) is 14.8 Å². The molecule has 4 N–H and O–H groups in total. The van der Waals surface area contributed by atoms with Gasteiger partial charge in [-0.15, -0.1) is 0 Å². The van der Waals surface area contributed by atoms with E-state index >= 15 is 0 Å². The van der Waals surface area contributed by atoms with Crippen LogP contribution >= 0.6 is 0 Å². The van der Waals surface area contributed by atoms with E-state index in [-0.39, 0.29) is 5.69 Å². The number of nitrogens with one attached hydrogen (secondary N) is 1. The molecule has 0 unspecified atom stereocenters. The lowest BCUT2D eigenvalue weighted by atomic mass is 10.3. The second-order valence-corrected chi connectivity index (χ2v) is 5.14. The zero-order chi connectivity index (χ0) is 13.6. The maximum atomic E-state index is 11.4. The second kappa shape index (κ2) is 6.22. The van der Waals surface area contributed by atoms with Crippen LogP contribution in [-0.4, -0.2) is 38.4 Å². The van der Waals surface area contributed by atoms with Crippen molar-refractivity contribution in [3.63, 3.8) is 0 Å². The van der Waals surface area contributed by atoms with Crippen LogP contribution in [0.25, 0.3) is 0 Å². The van der Waals surface area contributed by atoms with E-state index in [1.807, 2.05) is 0 Å². The molecule has 0 saturated carbocycles. The SMILES string of the molecule is NCCOc1cccc(NS(=O)(=O)CC(=O)O)c1. The summed E-state index contributed by atoms with van der Waals surface area (Å²) in [6, 6.07) is 6.18. The number of carboxylic acid groups (broad SMARTS) is 1. The topological polar surface area (TPSA) is 119 Å². The monoisotopic (exact) mass is 274 g/mol. The average molecular weight is 274 g/mol. The minimum absolute atomic E-state index is 0.241. The number of rotatable bonds is 7. The Morgan fingerprint density at radius 1 is 1.44 bits per heavy atom. The molecular weight excluding hydrogens is 260 g/mol. The van der Waals surface area contributed by atoms with Crippen molar-refractivity contribution in [2.24, 2.45) is 5.73 Å². The van der Waals surface area contributed by atoms with E-state index in [1.165, 1.54) is 12.1 Å². The van der Waals surface area contributed by atoms with Crippen LogP contribution in [0.15, 0.2) is 24.3 Å². The average Bonchev–Trinajstić information content (AvgIpc) is 2.24. The van der Waals surface area contributed by atoms with Crippen LogP contribution in [0, 0.1) is 0 Å². The fourth-order valence-corrected chi connectivity index (χ4v) is 2.09. The third kappa shape index (κ3) is 5.02. The van der Waals surface area contributed by atoms with Crippen LogP contribution in [0.4, 0.5) is 5.69 Å². The summed E-state index contributed by atoms with van der Waals surface area (Å²) < 4.78 is 30.1. The Labute approximate surface area is 105 Å². The highest BCUT2D eigenvalue weighted by atomic mass is 32.2. The number of hydrogen-bond donors (Lipinski definition) is 3. The highest BCUT2D eigenvalue weighted by Gasteiger charge is 2.15. The minimum atomic E-state index is -3.90. The molecule has 0 radical (unpaired) electrons. The zero-order valence-electron chi connectivity index (χ0n) is 9.50. The highest BCUT2D eigenvalue weighted by molar-refractivity contribution is 7.93. The summed E-state index contributed by atoms with van der Waals surface area (Å²) in [6.07, 6.45) is 0. The Balaban J connectivity index is 2.75. The van der Waals surface area contributed by atoms with E-state index in [1.54, 1.807) is 12.1 Å². The lowest BCUT2D eigenvalue weighted by Gasteiger charge is -2.08. The maximum Gasteiger partial charge on any atom is 0.320 e. The molecule has 100 valence electrons. The van der Waals surface area contributed by atoms with Gasteiger partial charge in [-0.1, -0.05) is 6.07 Å². The first kappa shape index (κ1) is 14.3. The molecular formula is C10H14N2O5S. The Kier molecular flexibility index (Phi) is 4.93. The van der Waals surface area contributed by atoms with Crippen molar-refractivity contribution < 1.29 is 23.1 Å². The van der Waals surface area contributed by atoms with Gasteiger partial charge in [0.05, 0.1) is 5.69 Å². The van der Waals surface area contributed by atoms with Crippen molar-refractivity contribution >= 4 is 21.7 Å². The van der Waals surface area contributed by atoms with Crippen molar-refractivity contribution in [2.45, 2.75) is 0 Å². The van der Waals surface area contributed by atoms with Crippen LogP contribution in [0.5, 0.6) is 5.75 Å². The summed E-state index contributed by atoms with van der Waals surface area (Å²) in [7, 11) is -3.90. The van der Waals surface area contributed by atoms with Crippen molar-refractivity contribution in [2.75, 3.05) is 23.6 Å². The van der Waals surface area contributed by atoms with Gasteiger partial charge in [-0.25, -0.2) is 8.42 Å². The normalized spacial score (nSPS) is 10.9. The molecule has 0 bridgehead atoms. The van der Waals surface area contributed by atoms with Gasteiger partial charge >= 0.3 is 5.97 Å². The molecule has 7 nitrogen and oxygen atoms in total. The molecule has 0 aliphatic heterocycles. The van der Waals surface area contributed by atoms with Crippen LogP contribution in [0.3, 0.4) is 0 Å². The first-order valence-corrected chi connectivity index (χ1v) is 6.73. The number of nitrogens with two attached hydrogens (primary N) is 1. The standard InChI is InChI=1S/C10H14N2O5S/c11-4-5-17-9-3-1-2-8(6-9)12-18(15,16)7-10(13)14/h1-3,6,12H,4-5,7,11H2,(H,13,14). The molecule has 0 amide bonds. The van der Waals surface area contributed by atoms with Gasteiger partial charge in [0.25, 0.3) is 0 Å². The first-order chi connectivity index (χ1) is 8.43.